The zero-order valence-corrected chi connectivity index (χ0v) is 15.3. The van der Waals surface area contributed by atoms with Crippen LogP contribution in [0, 0.1) is 18.6 Å². The minimum Gasteiger partial charge on any atom is -0.476 e. The number of aromatic carboxylic acids is 1. The van der Waals surface area contributed by atoms with Crippen LogP contribution in [0.2, 0.25) is 5.02 Å². The first-order chi connectivity index (χ1) is 12.8. The van der Waals surface area contributed by atoms with Crippen molar-refractivity contribution in [1.29, 1.82) is 0 Å². The highest BCUT2D eigenvalue weighted by atomic mass is 35.5. The average molecular weight is 389 g/mol. The van der Waals surface area contributed by atoms with Crippen molar-refractivity contribution in [2.24, 2.45) is 0 Å². The standard InChI is InChI=1S/C20H15ClF2N2O2/c1-11(9-13-3-5-14(21)6-4-13)19-12(2)18(20(26)27)24-25(19)17-8-7-15(22)10-16(17)23/h3-10H,1-2H3,(H,26,27)/b11-9+. The fraction of sp³-hybridized carbons (Fsp3) is 0.100. The van der Waals surface area contributed by atoms with Gasteiger partial charge in [0.15, 0.2) is 11.5 Å². The maximum Gasteiger partial charge on any atom is 0.356 e. The van der Waals surface area contributed by atoms with Gasteiger partial charge in [0.05, 0.1) is 5.69 Å². The molecule has 0 bridgehead atoms. The second kappa shape index (κ2) is 7.32. The zero-order chi connectivity index (χ0) is 19.7. The van der Waals surface area contributed by atoms with Crippen molar-refractivity contribution >= 4 is 29.2 Å². The summed E-state index contributed by atoms with van der Waals surface area (Å²) < 4.78 is 28.8. The molecule has 0 radical (unpaired) electrons. The molecule has 1 aromatic heterocycles. The van der Waals surface area contributed by atoms with Gasteiger partial charge in [0.25, 0.3) is 0 Å². The van der Waals surface area contributed by atoms with Gasteiger partial charge in [0, 0.05) is 16.7 Å². The van der Waals surface area contributed by atoms with Crippen LogP contribution in [0.3, 0.4) is 0 Å². The summed E-state index contributed by atoms with van der Waals surface area (Å²) in [5.41, 5.74) is 2.07. The lowest BCUT2D eigenvalue weighted by molar-refractivity contribution is 0.0689. The minimum atomic E-state index is -1.23. The summed E-state index contributed by atoms with van der Waals surface area (Å²) in [6, 6.07) is 10.1. The Morgan fingerprint density at radius 3 is 2.44 bits per heavy atom. The van der Waals surface area contributed by atoms with Crippen molar-refractivity contribution in [3.05, 3.63) is 81.6 Å². The molecule has 3 aromatic rings. The summed E-state index contributed by atoms with van der Waals surface area (Å²) in [6.45, 7) is 3.37. The molecule has 0 aliphatic carbocycles. The van der Waals surface area contributed by atoms with E-state index in [1.807, 2.05) is 6.08 Å². The van der Waals surface area contributed by atoms with Gasteiger partial charge in [0.1, 0.15) is 11.5 Å². The molecule has 1 N–H and O–H groups in total. The lowest BCUT2D eigenvalue weighted by Crippen LogP contribution is -2.05. The molecule has 27 heavy (non-hydrogen) atoms. The van der Waals surface area contributed by atoms with E-state index in [4.69, 9.17) is 11.6 Å². The summed E-state index contributed by atoms with van der Waals surface area (Å²) in [4.78, 5) is 11.5. The van der Waals surface area contributed by atoms with Crippen molar-refractivity contribution in [2.75, 3.05) is 0 Å². The van der Waals surface area contributed by atoms with Crippen molar-refractivity contribution in [3.63, 3.8) is 0 Å². The van der Waals surface area contributed by atoms with Crippen LogP contribution < -0.4 is 0 Å². The highest BCUT2D eigenvalue weighted by Gasteiger charge is 2.23. The maximum absolute atomic E-state index is 14.3. The number of carboxylic acids is 1. The molecule has 0 saturated carbocycles. The lowest BCUT2D eigenvalue weighted by Gasteiger charge is -2.10. The second-order valence-corrected chi connectivity index (χ2v) is 6.45. The Kier molecular flexibility index (Phi) is 5.10. The van der Waals surface area contributed by atoms with Gasteiger partial charge in [-0.3, -0.25) is 0 Å². The van der Waals surface area contributed by atoms with E-state index >= 15 is 0 Å². The highest BCUT2D eigenvalue weighted by molar-refractivity contribution is 6.30. The van der Waals surface area contributed by atoms with E-state index in [0.29, 0.717) is 21.9 Å². The molecule has 1 heterocycles. The number of benzene rings is 2. The van der Waals surface area contributed by atoms with E-state index in [1.54, 1.807) is 38.1 Å². The number of halogens is 3. The molecule has 138 valence electrons. The number of aromatic nitrogens is 2. The molecule has 0 saturated heterocycles. The lowest BCUT2D eigenvalue weighted by atomic mass is 10.0. The topological polar surface area (TPSA) is 55.1 Å². The van der Waals surface area contributed by atoms with E-state index in [9.17, 15) is 18.7 Å². The molecule has 0 aliphatic heterocycles. The van der Waals surface area contributed by atoms with Crippen molar-refractivity contribution in [2.45, 2.75) is 13.8 Å². The van der Waals surface area contributed by atoms with Crippen LogP contribution in [0.4, 0.5) is 8.78 Å². The fourth-order valence-electron chi connectivity index (χ4n) is 2.87. The van der Waals surface area contributed by atoms with Crippen LogP contribution in [0.1, 0.15) is 34.2 Å². The monoisotopic (exact) mass is 388 g/mol. The third kappa shape index (κ3) is 3.75. The highest BCUT2D eigenvalue weighted by Crippen LogP contribution is 2.28. The average Bonchev–Trinajstić information content (AvgIpc) is 2.94. The van der Waals surface area contributed by atoms with Crippen LogP contribution in [0.25, 0.3) is 17.3 Å². The fourth-order valence-corrected chi connectivity index (χ4v) is 2.99. The number of allylic oxidation sites excluding steroid dienone is 1. The van der Waals surface area contributed by atoms with Gasteiger partial charge in [-0.2, -0.15) is 5.10 Å². The number of carbonyl (C=O) groups is 1. The molecular formula is C20H15ClF2N2O2. The first-order valence-corrected chi connectivity index (χ1v) is 8.38. The summed E-state index contributed by atoms with van der Waals surface area (Å²) >= 11 is 5.89. The van der Waals surface area contributed by atoms with Gasteiger partial charge >= 0.3 is 5.97 Å². The number of nitrogens with zero attached hydrogens (tertiary/aromatic N) is 2. The van der Waals surface area contributed by atoms with Gasteiger partial charge in [-0.1, -0.05) is 23.7 Å². The zero-order valence-electron chi connectivity index (χ0n) is 14.5. The van der Waals surface area contributed by atoms with Crippen LogP contribution in [0.15, 0.2) is 42.5 Å². The third-order valence-corrected chi connectivity index (χ3v) is 4.34. The van der Waals surface area contributed by atoms with Gasteiger partial charge in [-0.05, 0) is 55.3 Å². The summed E-state index contributed by atoms with van der Waals surface area (Å²) in [6.07, 6.45) is 1.81. The Labute approximate surface area is 159 Å². The molecule has 4 nitrogen and oxygen atoms in total. The third-order valence-electron chi connectivity index (χ3n) is 4.09. The second-order valence-electron chi connectivity index (χ2n) is 6.01. The Hall–Kier alpha value is -2.99. The Morgan fingerprint density at radius 1 is 1.19 bits per heavy atom. The molecule has 0 fully saturated rings. The van der Waals surface area contributed by atoms with Gasteiger partial charge in [-0.25, -0.2) is 18.3 Å². The number of carboxylic acid groups (broad SMARTS) is 1. The van der Waals surface area contributed by atoms with Crippen molar-refractivity contribution < 1.29 is 18.7 Å². The van der Waals surface area contributed by atoms with Crippen LogP contribution in [-0.4, -0.2) is 20.9 Å². The first-order valence-electron chi connectivity index (χ1n) is 8.00. The van der Waals surface area contributed by atoms with E-state index in [1.165, 1.54) is 10.7 Å². The molecule has 0 aliphatic rings. The normalized spacial score (nSPS) is 11.7. The predicted molar refractivity (Wildman–Crippen MR) is 100 cm³/mol. The van der Waals surface area contributed by atoms with Crippen LogP contribution >= 0.6 is 11.6 Å². The van der Waals surface area contributed by atoms with E-state index < -0.39 is 17.6 Å². The number of rotatable bonds is 4. The maximum atomic E-state index is 14.3. The molecule has 0 amide bonds. The van der Waals surface area contributed by atoms with Gasteiger partial charge in [0.2, 0.25) is 0 Å². The number of hydrogen-bond donors (Lipinski definition) is 1. The first kappa shape index (κ1) is 18.8. The van der Waals surface area contributed by atoms with Crippen molar-refractivity contribution in [1.82, 2.24) is 9.78 Å². The van der Waals surface area contributed by atoms with Gasteiger partial charge < -0.3 is 5.11 Å². The van der Waals surface area contributed by atoms with Crippen LogP contribution in [0.5, 0.6) is 0 Å². The molecule has 0 unspecified atom stereocenters. The molecule has 0 atom stereocenters. The largest absolute Gasteiger partial charge is 0.476 e. The molecule has 7 heteroatoms. The Balaban J connectivity index is 2.21. The van der Waals surface area contributed by atoms with Crippen LogP contribution in [-0.2, 0) is 0 Å². The summed E-state index contributed by atoms with van der Waals surface area (Å²) in [7, 11) is 0. The van der Waals surface area contributed by atoms with E-state index in [0.717, 1.165) is 17.7 Å². The molecule has 3 rings (SSSR count). The van der Waals surface area contributed by atoms with Crippen molar-refractivity contribution in [3.8, 4) is 5.69 Å². The summed E-state index contributed by atoms with van der Waals surface area (Å²) in [5, 5.41) is 14.0. The van der Waals surface area contributed by atoms with Gasteiger partial charge in [-0.15, -0.1) is 0 Å². The smallest absolute Gasteiger partial charge is 0.356 e. The Morgan fingerprint density at radius 2 is 1.85 bits per heavy atom. The minimum absolute atomic E-state index is 0.0362. The number of hydrogen-bond acceptors (Lipinski definition) is 2. The predicted octanol–water partition coefficient (Wildman–Crippen LogP) is 5.37. The summed E-state index contributed by atoms with van der Waals surface area (Å²) in [5.74, 6) is -2.79. The molecular weight excluding hydrogens is 374 g/mol. The molecule has 2 aromatic carbocycles. The quantitative estimate of drug-likeness (QED) is 0.653. The Bertz CT molecular complexity index is 1060. The molecule has 0 spiro atoms. The van der Waals surface area contributed by atoms with E-state index in [2.05, 4.69) is 5.10 Å². The SMILES string of the molecule is C/C(=C\c1ccc(Cl)cc1)c1c(C)c(C(=O)O)nn1-c1ccc(F)cc1F. The van der Waals surface area contributed by atoms with E-state index in [-0.39, 0.29) is 11.4 Å².